The molecule has 0 unspecified atom stereocenters. The van der Waals surface area contributed by atoms with E-state index in [1.54, 1.807) is 6.08 Å². The minimum atomic E-state index is 0.000538. The molecule has 0 amide bonds. The maximum absolute atomic E-state index is 12.3. The highest BCUT2D eigenvalue weighted by atomic mass is 127. The van der Waals surface area contributed by atoms with Crippen molar-refractivity contribution in [1.82, 2.24) is 0 Å². The third-order valence-electron chi connectivity index (χ3n) is 4.08. The number of hydrogen-bond acceptors (Lipinski definition) is 2. The third kappa shape index (κ3) is 5.90. The number of carbonyl (C=O) groups excluding carboxylic acids is 1. The van der Waals surface area contributed by atoms with E-state index in [9.17, 15) is 4.79 Å². The Kier molecular flexibility index (Phi) is 7.70. The van der Waals surface area contributed by atoms with E-state index in [4.69, 9.17) is 4.74 Å². The predicted molar refractivity (Wildman–Crippen MR) is 135 cm³/mol. The summed E-state index contributed by atoms with van der Waals surface area (Å²) in [5, 5.41) is 0. The summed E-state index contributed by atoms with van der Waals surface area (Å²) in [7, 11) is 0. The van der Waals surface area contributed by atoms with E-state index in [0.29, 0.717) is 12.2 Å². The lowest BCUT2D eigenvalue weighted by atomic mass is 10.1. The van der Waals surface area contributed by atoms with Crippen molar-refractivity contribution in [3.63, 3.8) is 0 Å². The Morgan fingerprint density at radius 1 is 1.00 bits per heavy atom. The zero-order valence-corrected chi connectivity index (χ0v) is 21.0. The molecule has 142 valence electrons. The van der Waals surface area contributed by atoms with Crippen LogP contribution in [0.5, 0.6) is 5.75 Å². The van der Waals surface area contributed by atoms with Crippen molar-refractivity contribution < 1.29 is 9.53 Å². The fraction of sp³-hybridized carbons (Fsp3) is 0.0870. The average Bonchev–Trinajstić information content (AvgIpc) is 2.67. The lowest BCUT2D eigenvalue weighted by Gasteiger charge is -2.11. The lowest BCUT2D eigenvalue weighted by Crippen LogP contribution is -1.99. The first-order valence-corrected chi connectivity index (χ1v) is 11.5. The molecule has 5 heteroatoms. The number of ketones is 1. The summed E-state index contributed by atoms with van der Waals surface area (Å²) in [5.41, 5.74) is 3.93. The number of benzene rings is 3. The summed E-state index contributed by atoms with van der Waals surface area (Å²) in [6, 6.07) is 19.8. The van der Waals surface area contributed by atoms with Gasteiger partial charge in [-0.25, -0.2) is 0 Å². The normalized spacial score (nSPS) is 11.0. The molecule has 0 bridgehead atoms. The molecule has 0 aliphatic heterocycles. The molecule has 0 fully saturated rings. The summed E-state index contributed by atoms with van der Waals surface area (Å²) >= 11 is 7.99. The molecular weight excluding hydrogens is 642 g/mol. The Hall–Kier alpha value is -1.19. The SMILES string of the molecule is Cc1ccc(C(=O)/C=C/c2cc(I)c(OCc3ccc(Br)cc3)c(I)c2)cc1. The van der Waals surface area contributed by atoms with Crippen molar-refractivity contribution >= 4 is 73.0 Å². The first-order chi connectivity index (χ1) is 13.4. The second-order valence-corrected chi connectivity index (χ2v) is 9.53. The zero-order valence-electron chi connectivity index (χ0n) is 15.1. The van der Waals surface area contributed by atoms with Crippen molar-refractivity contribution in [2.24, 2.45) is 0 Å². The van der Waals surface area contributed by atoms with Crippen LogP contribution >= 0.6 is 61.1 Å². The maximum atomic E-state index is 12.3. The molecule has 0 heterocycles. The molecular formula is C23H17BrI2O2. The minimum Gasteiger partial charge on any atom is -0.487 e. The highest BCUT2D eigenvalue weighted by molar-refractivity contribution is 14.1. The van der Waals surface area contributed by atoms with Crippen LogP contribution in [0.25, 0.3) is 6.08 Å². The number of ether oxygens (including phenoxy) is 1. The van der Waals surface area contributed by atoms with Crippen molar-refractivity contribution in [2.75, 3.05) is 0 Å². The van der Waals surface area contributed by atoms with Crippen molar-refractivity contribution in [3.8, 4) is 5.75 Å². The van der Waals surface area contributed by atoms with E-state index in [-0.39, 0.29) is 5.78 Å². The van der Waals surface area contributed by atoms with Gasteiger partial charge in [0, 0.05) is 10.0 Å². The Morgan fingerprint density at radius 2 is 1.61 bits per heavy atom. The number of halogens is 3. The van der Waals surface area contributed by atoms with E-state index >= 15 is 0 Å². The van der Waals surface area contributed by atoms with Gasteiger partial charge in [-0.3, -0.25) is 4.79 Å². The summed E-state index contributed by atoms with van der Waals surface area (Å²) < 4.78 is 9.12. The van der Waals surface area contributed by atoms with Crippen LogP contribution in [0.4, 0.5) is 0 Å². The van der Waals surface area contributed by atoms with Crippen molar-refractivity contribution in [2.45, 2.75) is 13.5 Å². The molecule has 0 aliphatic carbocycles. The Morgan fingerprint density at radius 3 is 2.21 bits per heavy atom. The molecule has 2 nitrogen and oxygen atoms in total. The van der Waals surface area contributed by atoms with E-state index in [1.165, 1.54) is 0 Å². The predicted octanol–water partition coefficient (Wildman–Crippen LogP) is 7.44. The quantitative estimate of drug-likeness (QED) is 0.156. The molecule has 3 aromatic carbocycles. The molecule has 3 aromatic rings. The van der Waals surface area contributed by atoms with Gasteiger partial charge in [-0.1, -0.05) is 64.0 Å². The molecule has 0 radical (unpaired) electrons. The van der Waals surface area contributed by atoms with E-state index in [1.807, 2.05) is 73.7 Å². The van der Waals surface area contributed by atoms with Gasteiger partial charge in [0.2, 0.25) is 0 Å². The zero-order chi connectivity index (χ0) is 20.1. The van der Waals surface area contributed by atoms with Gasteiger partial charge >= 0.3 is 0 Å². The smallest absolute Gasteiger partial charge is 0.185 e. The molecule has 0 spiro atoms. The highest BCUT2D eigenvalue weighted by Crippen LogP contribution is 2.30. The van der Waals surface area contributed by atoms with Crippen molar-refractivity contribution in [3.05, 3.63) is 101 Å². The van der Waals surface area contributed by atoms with Crippen LogP contribution in [-0.2, 0) is 6.61 Å². The fourth-order valence-electron chi connectivity index (χ4n) is 2.54. The molecule has 3 rings (SSSR count). The van der Waals surface area contributed by atoms with E-state index in [0.717, 1.165) is 34.1 Å². The summed E-state index contributed by atoms with van der Waals surface area (Å²) in [4.78, 5) is 12.3. The second kappa shape index (κ2) is 10.0. The number of aryl methyl sites for hydroxylation is 1. The van der Waals surface area contributed by atoms with Crippen LogP contribution in [0.3, 0.4) is 0 Å². The highest BCUT2D eigenvalue weighted by Gasteiger charge is 2.09. The first kappa shape index (κ1) is 21.5. The number of rotatable bonds is 6. The molecule has 0 aliphatic rings. The minimum absolute atomic E-state index is 0.000538. The lowest BCUT2D eigenvalue weighted by molar-refractivity contribution is 0.104. The first-order valence-electron chi connectivity index (χ1n) is 8.58. The van der Waals surface area contributed by atoms with Crippen molar-refractivity contribution in [1.29, 1.82) is 0 Å². The second-order valence-electron chi connectivity index (χ2n) is 6.29. The van der Waals surface area contributed by atoms with Crippen LogP contribution in [0.1, 0.15) is 27.0 Å². The van der Waals surface area contributed by atoms with Gasteiger partial charge in [-0.05, 0) is 93.6 Å². The van der Waals surface area contributed by atoms with E-state index < -0.39 is 0 Å². The Labute approximate surface area is 200 Å². The summed E-state index contributed by atoms with van der Waals surface area (Å²) in [6.45, 7) is 2.52. The Bertz CT molecular complexity index is 987. The number of hydrogen-bond donors (Lipinski definition) is 0. The maximum Gasteiger partial charge on any atom is 0.185 e. The molecule has 0 saturated carbocycles. The van der Waals surface area contributed by atoms with Gasteiger partial charge in [-0.15, -0.1) is 0 Å². The van der Waals surface area contributed by atoms with Gasteiger partial charge in [0.05, 0.1) is 7.14 Å². The molecule has 0 N–H and O–H groups in total. The Balaban J connectivity index is 1.71. The fourth-order valence-corrected chi connectivity index (χ4v) is 4.93. The summed E-state index contributed by atoms with van der Waals surface area (Å²) in [5.74, 6) is 0.867. The molecule has 28 heavy (non-hydrogen) atoms. The average molecular weight is 659 g/mol. The number of carbonyl (C=O) groups is 1. The third-order valence-corrected chi connectivity index (χ3v) is 6.21. The topological polar surface area (TPSA) is 26.3 Å². The standard InChI is InChI=1S/C23H17BrI2O2/c1-15-2-7-18(8-3-15)22(27)11-6-17-12-20(25)23(21(26)13-17)28-14-16-4-9-19(24)10-5-16/h2-13H,14H2,1H3/b11-6+. The monoisotopic (exact) mass is 658 g/mol. The van der Waals surface area contributed by atoms with Crippen LogP contribution in [-0.4, -0.2) is 5.78 Å². The van der Waals surface area contributed by atoms with Gasteiger partial charge < -0.3 is 4.74 Å². The van der Waals surface area contributed by atoms with Gasteiger partial charge in [0.1, 0.15) is 12.4 Å². The van der Waals surface area contributed by atoms with Crippen LogP contribution in [0.15, 0.2) is 71.2 Å². The molecule has 0 aromatic heterocycles. The van der Waals surface area contributed by atoms with Gasteiger partial charge in [0.15, 0.2) is 5.78 Å². The molecule has 0 saturated heterocycles. The van der Waals surface area contributed by atoms with Gasteiger partial charge in [-0.2, -0.15) is 0 Å². The van der Waals surface area contributed by atoms with Crippen LogP contribution < -0.4 is 4.74 Å². The van der Waals surface area contributed by atoms with Crippen LogP contribution in [0, 0.1) is 14.1 Å². The van der Waals surface area contributed by atoms with E-state index in [2.05, 4.69) is 61.1 Å². The molecule has 0 atom stereocenters. The largest absolute Gasteiger partial charge is 0.487 e. The van der Waals surface area contributed by atoms with Crippen LogP contribution in [0.2, 0.25) is 0 Å². The van der Waals surface area contributed by atoms with Gasteiger partial charge in [0.25, 0.3) is 0 Å². The summed E-state index contributed by atoms with van der Waals surface area (Å²) in [6.07, 6.45) is 3.47. The number of allylic oxidation sites excluding steroid dienone is 1.